The topological polar surface area (TPSA) is 36.9 Å². The maximum absolute atomic E-state index is 5.39. The first-order valence-electron chi connectivity index (χ1n) is 6.36. The van der Waals surface area contributed by atoms with Crippen molar-refractivity contribution in [3.63, 3.8) is 0 Å². The Labute approximate surface area is 130 Å². The van der Waals surface area contributed by atoms with E-state index < -0.39 is 8.80 Å². The molecule has 116 valence electrons. The molecule has 0 heterocycles. The van der Waals surface area contributed by atoms with Crippen LogP contribution in [0.25, 0.3) is 0 Å². The van der Waals surface area contributed by atoms with Gasteiger partial charge in [-0.3, -0.25) is 0 Å². The average molecular weight is 337 g/mol. The van der Waals surface area contributed by atoms with E-state index in [2.05, 4.69) is 12.1 Å². The minimum absolute atomic E-state index is 0.778. The number of benzene rings is 1. The summed E-state index contributed by atoms with van der Waals surface area (Å²) in [7, 11) is 4.97. The molecule has 0 unspecified atom stereocenters. The predicted octanol–water partition coefficient (Wildman–Crippen LogP) is 2.01. The standard InChI is InChI=1S/C13H22O4Si.ClH3Si/c1-14-13-9-7-12(8-10-13)6-5-11-18(15-2,16-3)17-4;1-2/h7-10H,5-6,11H2,1-4H3;2H3. The first-order valence-corrected chi connectivity index (χ1v) is 11.3. The second kappa shape index (κ2) is 11.3. The van der Waals surface area contributed by atoms with Gasteiger partial charge in [-0.15, -0.1) is 0 Å². The van der Waals surface area contributed by atoms with Crippen molar-refractivity contribution in [2.24, 2.45) is 0 Å². The van der Waals surface area contributed by atoms with Gasteiger partial charge in [-0.25, -0.2) is 0 Å². The monoisotopic (exact) mass is 336 g/mol. The van der Waals surface area contributed by atoms with Crippen LogP contribution in [0.2, 0.25) is 6.04 Å². The molecule has 0 fully saturated rings. The Morgan fingerprint density at radius 3 is 1.85 bits per heavy atom. The van der Waals surface area contributed by atoms with Crippen LogP contribution < -0.4 is 4.74 Å². The highest BCUT2D eigenvalue weighted by Crippen LogP contribution is 2.18. The Hall–Kier alpha value is -0.376. The van der Waals surface area contributed by atoms with Crippen LogP contribution in [0, 0.1) is 0 Å². The molecule has 0 aliphatic heterocycles. The first-order chi connectivity index (χ1) is 9.69. The van der Waals surface area contributed by atoms with Crippen LogP contribution in [0.5, 0.6) is 5.75 Å². The lowest BCUT2D eigenvalue weighted by atomic mass is 10.1. The van der Waals surface area contributed by atoms with Crippen molar-refractivity contribution >= 4 is 29.4 Å². The number of ether oxygens (including phenoxy) is 1. The summed E-state index contributed by atoms with van der Waals surface area (Å²) in [5, 5.41) is 0. The highest BCUT2D eigenvalue weighted by atomic mass is 35.6. The molecule has 1 aromatic carbocycles. The van der Waals surface area contributed by atoms with Crippen molar-refractivity contribution in [2.45, 2.75) is 18.9 Å². The van der Waals surface area contributed by atoms with Crippen molar-refractivity contribution in [1.29, 1.82) is 0 Å². The minimum atomic E-state index is -2.41. The van der Waals surface area contributed by atoms with E-state index in [0.717, 1.165) is 34.2 Å². The van der Waals surface area contributed by atoms with Gasteiger partial charge < -0.3 is 18.0 Å². The summed E-state index contributed by atoms with van der Waals surface area (Å²) < 4.78 is 21.3. The Kier molecular flexibility index (Phi) is 11.1. The molecule has 0 amide bonds. The van der Waals surface area contributed by atoms with Crippen LogP contribution in [0.4, 0.5) is 0 Å². The number of aryl methyl sites for hydroxylation is 1. The summed E-state index contributed by atoms with van der Waals surface area (Å²) in [5.74, 6) is 0.883. The van der Waals surface area contributed by atoms with Gasteiger partial charge in [0.2, 0.25) is 0 Å². The highest BCUT2D eigenvalue weighted by Gasteiger charge is 2.36. The minimum Gasteiger partial charge on any atom is -0.497 e. The molecule has 1 aromatic rings. The van der Waals surface area contributed by atoms with E-state index in [-0.39, 0.29) is 0 Å². The van der Waals surface area contributed by atoms with Gasteiger partial charge in [0.05, 0.1) is 7.11 Å². The molecule has 0 radical (unpaired) electrons. The highest BCUT2D eigenvalue weighted by molar-refractivity contribution is 6.80. The Bertz CT molecular complexity index is 336. The fraction of sp³-hybridized carbons (Fsp3) is 0.538. The van der Waals surface area contributed by atoms with E-state index >= 15 is 0 Å². The average Bonchev–Trinajstić information content (AvgIpc) is 2.54. The number of hydrogen-bond donors (Lipinski definition) is 0. The summed E-state index contributed by atoms with van der Waals surface area (Å²) in [6, 6.07) is 8.93. The summed E-state index contributed by atoms with van der Waals surface area (Å²) in [4.78, 5) is 0. The molecule has 7 heteroatoms. The van der Waals surface area contributed by atoms with Gasteiger partial charge >= 0.3 is 8.80 Å². The number of rotatable bonds is 8. The molecule has 0 aliphatic rings. The zero-order chi connectivity index (χ0) is 15.4. The largest absolute Gasteiger partial charge is 0.500 e. The summed E-state index contributed by atoms with van der Waals surface area (Å²) in [6.07, 6.45) is 1.96. The molecule has 0 atom stereocenters. The lowest BCUT2D eigenvalue weighted by Crippen LogP contribution is -2.42. The van der Waals surface area contributed by atoms with Gasteiger partial charge in [0, 0.05) is 27.4 Å². The molecular formula is C13H25ClO4Si2. The molecule has 0 bridgehead atoms. The fourth-order valence-corrected chi connectivity index (χ4v) is 3.58. The van der Waals surface area contributed by atoms with Crippen molar-refractivity contribution in [3.8, 4) is 5.75 Å². The van der Waals surface area contributed by atoms with Crippen LogP contribution in [0.3, 0.4) is 0 Å². The zero-order valence-corrected chi connectivity index (χ0v) is 16.7. The van der Waals surface area contributed by atoms with Crippen molar-refractivity contribution in [3.05, 3.63) is 29.8 Å². The molecule has 0 saturated heterocycles. The Balaban J connectivity index is 0.00000172. The second-order valence-corrected chi connectivity index (χ2v) is 7.09. The van der Waals surface area contributed by atoms with Gasteiger partial charge in [-0.1, -0.05) is 12.1 Å². The van der Waals surface area contributed by atoms with Crippen LogP contribution in [0.15, 0.2) is 24.3 Å². The molecular weight excluding hydrogens is 312 g/mol. The molecule has 0 spiro atoms. The van der Waals surface area contributed by atoms with E-state index in [9.17, 15) is 0 Å². The van der Waals surface area contributed by atoms with Gasteiger partial charge in [-0.2, -0.15) is 11.1 Å². The van der Waals surface area contributed by atoms with Crippen LogP contribution >= 0.6 is 11.1 Å². The maximum Gasteiger partial charge on any atom is 0.500 e. The SMILES string of the molecule is COc1ccc(CCC[Si](OC)(OC)OC)cc1.[SiH3]Cl. The molecule has 20 heavy (non-hydrogen) atoms. The van der Waals surface area contributed by atoms with E-state index in [1.54, 1.807) is 28.4 Å². The van der Waals surface area contributed by atoms with Gasteiger partial charge in [0.15, 0.2) is 0 Å². The third kappa shape index (κ3) is 6.38. The lowest BCUT2D eigenvalue weighted by Gasteiger charge is -2.24. The number of hydrogen-bond acceptors (Lipinski definition) is 4. The zero-order valence-electron chi connectivity index (χ0n) is 12.9. The smallest absolute Gasteiger partial charge is 0.497 e. The van der Waals surface area contributed by atoms with Gasteiger partial charge in [0.25, 0.3) is 0 Å². The normalized spacial score (nSPS) is 10.8. The van der Waals surface area contributed by atoms with Crippen LogP contribution in [-0.2, 0) is 19.7 Å². The number of halogens is 1. The summed E-state index contributed by atoms with van der Waals surface area (Å²) in [5.41, 5.74) is 1.28. The summed E-state index contributed by atoms with van der Waals surface area (Å²) >= 11 is 4.78. The van der Waals surface area contributed by atoms with E-state index in [4.69, 9.17) is 29.1 Å². The third-order valence-corrected chi connectivity index (χ3v) is 5.87. The molecule has 0 aromatic heterocycles. The van der Waals surface area contributed by atoms with E-state index in [1.807, 2.05) is 12.1 Å². The third-order valence-electron chi connectivity index (χ3n) is 3.04. The van der Waals surface area contributed by atoms with Crippen molar-refractivity contribution in [1.82, 2.24) is 0 Å². The predicted molar refractivity (Wildman–Crippen MR) is 88.7 cm³/mol. The van der Waals surface area contributed by atoms with E-state index in [1.165, 1.54) is 5.56 Å². The molecule has 0 N–H and O–H groups in total. The molecule has 0 saturated carbocycles. The lowest BCUT2D eigenvalue weighted by molar-refractivity contribution is 0.123. The van der Waals surface area contributed by atoms with Crippen molar-refractivity contribution in [2.75, 3.05) is 28.4 Å². The second-order valence-electron chi connectivity index (χ2n) is 4.00. The molecule has 4 nitrogen and oxygen atoms in total. The maximum atomic E-state index is 5.39. The van der Waals surface area contributed by atoms with Gasteiger partial charge in [-0.05, 0) is 30.5 Å². The Morgan fingerprint density at radius 1 is 0.950 bits per heavy atom. The number of methoxy groups -OCH3 is 1. The van der Waals surface area contributed by atoms with E-state index in [0.29, 0.717) is 0 Å². The van der Waals surface area contributed by atoms with Crippen LogP contribution in [0.1, 0.15) is 12.0 Å². The first kappa shape index (κ1) is 19.6. The molecule has 1 rings (SSSR count). The summed E-state index contributed by atoms with van der Waals surface area (Å²) in [6.45, 7) is 0. The van der Waals surface area contributed by atoms with Crippen LogP contribution in [-0.4, -0.2) is 46.8 Å². The van der Waals surface area contributed by atoms with Crippen molar-refractivity contribution < 1.29 is 18.0 Å². The quantitative estimate of drug-likeness (QED) is 0.537. The van der Waals surface area contributed by atoms with Gasteiger partial charge in [0.1, 0.15) is 15.3 Å². The fourth-order valence-electron chi connectivity index (χ4n) is 1.86. The Morgan fingerprint density at radius 2 is 1.45 bits per heavy atom. The molecule has 0 aliphatic carbocycles.